The van der Waals surface area contributed by atoms with Gasteiger partial charge in [-0.3, -0.25) is 14.3 Å². The van der Waals surface area contributed by atoms with E-state index in [1.165, 1.54) is 6.20 Å². The number of rotatable bonds is 8. The molecule has 1 N–H and O–H groups in total. The Morgan fingerprint density at radius 3 is 2.50 bits per heavy atom. The Morgan fingerprint density at radius 1 is 1.11 bits per heavy atom. The molecule has 2 heterocycles. The van der Waals surface area contributed by atoms with E-state index in [1.54, 1.807) is 28.9 Å². The molecule has 0 saturated heterocycles. The van der Waals surface area contributed by atoms with Crippen molar-refractivity contribution in [1.29, 1.82) is 0 Å². The van der Waals surface area contributed by atoms with Gasteiger partial charge in [-0.15, -0.1) is 0 Å². The molecule has 0 unspecified atom stereocenters. The maximum absolute atomic E-state index is 13.3. The summed E-state index contributed by atoms with van der Waals surface area (Å²) in [6.07, 6.45) is 2.75. The Morgan fingerprint density at radius 2 is 1.86 bits per heavy atom. The molecule has 1 amide bonds. The zero-order chi connectivity index (χ0) is 25.9. The van der Waals surface area contributed by atoms with Crippen molar-refractivity contribution in [2.45, 2.75) is 46.1 Å². The van der Waals surface area contributed by atoms with Gasteiger partial charge in [0.2, 0.25) is 11.7 Å². The fourth-order valence-corrected chi connectivity index (χ4v) is 3.96. The normalized spacial score (nSPS) is 11.5. The van der Waals surface area contributed by atoms with Crippen LogP contribution in [0.5, 0.6) is 0 Å². The summed E-state index contributed by atoms with van der Waals surface area (Å²) in [5, 5.41) is 11.8. The molecule has 2 aromatic carbocycles. The topological polar surface area (TPSA) is 103 Å². The van der Waals surface area contributed by atoms with Gasteiger partial charge in [-0.2, -0.15) is 10.1 Å². The van der Waals surface area contributed by atoms with Crippen LogP contribution in [-0.4, -0.2) is 38.2 Å². The molecule has 4 aromatic rings. The highest BCUT2D eigenvalue weighted by Gasteiger charge is 2.29. The minimum atomic E-state index is -0.498. The average Bonchev–Trinajstić information content (AvgIpc) is 3.51. The van der Waals surface area contributed by atoms with Gasteiger partial charge in [0.15, 0.2) is 5.78 Å². The summed E-state index contributed by atoms with van der Waals surface area (Å²) in [6.45, 7) is 8.14. The zero-order valence-corrected chi connectivity index (χ0v) is 21.5. The van der Waals surface area contributed by atoms with Gasteiger partial charge in [-0.25, -0.2) is 0 Å². The molecule has 0 spiro atoms. The SMILES string of the molecule is CCc1nc(-c2ccc(CCNC(=O)c3c(C(=O)c4cccc(Cl)c4)cnn3C(C)(C)C)cc2)no1. The number of aryl methyl sites for hydroxylation is 1. The Labute approximate surface area is 214 Å². The second-order valence-corrected chi connectivity index (χ2v) is 9.83. The second kappa shape index (κ2) is 10.5. The first-order chi connectivity index (χ1) is 17.2. The molecule has 0 aliphatic heterocycles. The first kappa shape index (κ1) is 25.3. The first-order valence-electron chi connectivity index (χ1n) is 11.8. The van der Waals surface area contributed by atoms with Crippen molar-refractivity contribution in [3.8, 4) is 11.4 Å². The summed E-state index contributed by atoms with van der Waals surface area (Å²) in [4.78, 5) is 30.8. The summed E-state index contributed by atoms with van der Waals surface area (Å²) >= 11 is 6.07. The number of hydrogen-bond acceptors (Lipinski definition) is 6. The van der Waals surface area contributed by atoms with E-state index in [0.717, 1.165) is 11.1 Å². The van der Waals surface area contributed by atoms with E-state index in [1.807, 2.05) is 52.0 Å². The van der Waals surface area contributed by atoms with Crippen LogP contribution in [0.1, 0.15) is 65.6 Å². The van der Waals surface area contributed by atoms with E-state index >= 15 is 0 Å². The molecule has 0 atom stereocenters. The molecule has 0 saturated carbocycles. The summed E-state index contributed by atoms with van der Waals surface area (Å²) in [7, 11) is 0. The van der Waals surface area contributed by atoms with E-state index in [2.05, 4.69) is 20.6 Å². The maximum Gasteiger partial charge on any atom is 0.270 e. The number of halogens is 1. The van der Waals surface area contributed by atoms with Crippen molar-refractivity contribution in [3.63, 3.8) is 0 Å². The lowest BCUT2D eigenvalue weighted by atomic mass is 10.0. The van der Waals surface area contributed by atoms with Crippen LogP contribution in [0.2, 0.25) is 5.02 Å². The summed E-state index contributed by atoms with van der Waals surface area (Å²) in [5.74, 6) is 0.489. The van der Waals surface area contributed by atoms with Gasteiger partial charge < -0.3 is 9.84 Å². The van der Waals surface area contributed by atoms with Crippen LogP contribution in [0.25, 0.3) is 11.4 Å². The molecule has 0 aliphatic carbocycles. The molecule has 4 rings (SSSR count). The number of aromatic nitrogens is 4. The predicted molar refractivity (Wildman–Crippen MR) is 137 cm³/mol. The monoisotopic (exact) mass is 505 g/mol. The Bertz CT molecular complexity index is 1380. The van der Waals surface area contributed by atoms with Crippen LogP contribution in [0.4, 0.5) is 0 Å². The van der Waals surface area contributed by atoms with Crippen molar-refractivity contribution in [2.24, 2.45) is 0 Å². The number of carbonyl (C=O) groups excluding carboxylic acids is 2. The highest BCUT2D eigenvalue weighted by atomic mass is 35.5. The molecule has 186 valence electrons. The van der Waals surface area contributed by atoms with Crippen molar-refractivity contribution in [2.75, 3.05) is 6.54 Å². The second-order valence-electron chi connectivity index (χ2n) is 9.40. The molecular formula is C27H28ClN5O3. The number of amides is 1. The van der Waals surface area contributed by atoms with Crippen LogP contribution >= 0.6 is 11.6 Å². The molecule has 8 nitrogen and oxygen atoms in total. The molecule has 0 bridgehead atoms. The van der Waals surface area contributed by atoms with Crippen LogP contribution in [0.3, 0.4) is 0 Å². The standard InChI is InChI=1S/C27H28ClN5O3/c1-5-22-31-25(32-36-22)18-11-9-17(10-12-18)13-14-29-26(35)23-21(16-30-33(23)27(2,3)4)24(34)19-7-6-8-20(28)15-19/h6-12,15-16H,5,13-14H2,1-4H3,(H,29,35). The van der Waals surface area contributed by atoms with Crippen LogP contribution in [-0.2, 0) is 18.4 Å². The number of carbonyl (C=O) groups is 2. The van der Waals surface area contributed by atoms with Gasteiger partial charge in [0, 0.05) is 29.1 Å². The minimum absolute atomic E-state index is 0.228. The quantitative estimate of drug-likeness (QED) is 0.334. The molecule has 0 fully saturated rings. The van der Waals surface area contributed by atoms with E-state index < -0.39 is 5.54 Å². The largest absolute Gasteiger partial charge is 0.350 e. The Balaban J connectivity index is 1.48. The van der Waals surface area contributed by atoms with Crippen LogP contribution < -0.4 is 5.32 Å². The van der Waals surface area contributed by atoms with E-state index in [0.29, 0.717) is 41.7 Å². The highest BCUT2D eigenvalue weighted by Crippen LogP contribution is 2.23. The fraction of sp³-hybridized carbons (Fsp3) is 0.296. The van der Waals surface area contributed by atoms with Crippen molar-refractivity contribution in [3.05, 3.63) is 88.0 Å². The van der Waals surface area contributed by atoms with Gasteiger partial charge >= 0.3 is 0 Å². The number of ketones is 1. The summed E-state index contributed by atoms with van der Waals surface area (Å²) < 4.78 is 6.76. The average molecular weight is 506 g/mol. The lowest BCUT2D eigenvalue weighted by Gasteiger charge is -2.22. The van der Waals surface area contributed by atoms with E-state index in [4.69, 9.17) is 16.1 Å². The van der Waals surface area contributed by atoms with Crippen molar-refractivity contribution >= 4 is 23.3 Å². The lowest BCUT2D eigenvalue weighted by Crippen LogP contribution is -2.34. The maximum atomic E-state index is 13.3. The summed E-state index contributed by atoms with van der Waals surface area (Å²) in [5.41, 5.74) is 2.27. The fourth-order valence-electron chi connectivity index (χ4n) is 3.77. The van der Waals surface area contributed by atoms with Gasteiger partial charge in [0.05, 0.1) is 17.3 Å². The Kier molecular flexibility index (Phi) is 7.35. The molecule has 0 aliphatic rings. The van der Waals surface area contributed by atoms with E-state index in [9.17, 15) is 9.59 Å². The molecular weight excluding hydrogens is 478 g/mol. The molecule has 0 radical (unpaired) electrons. The predicted octanol–water partition coefficient (Wildman–Crippen LogP) is 5.11. The smallest absolute Gasteiger partial charge is 0.270 e. The van der Waals surface area contributed by atoms with E-state index in [-0.39, 0.29) is 22.9 Å². The number of nitrogens with one attached hydrogen (secondary N) is 1. The third-order valence-electron chi connectivity index (χ3n) is 5.63. The highest BCUT2D eigenvalue weighted by molar-refractivity contribution is 6.31. The molecule has 2 aromatic heterocycles. The zero-order valence-electron chi connectivity index (χ0n) is 20.7. The molecule has 36 heavy (non-hydrogen) atoms. The lowest BCUT2D eigenvalue weighted by molar-refractivity contribution is 0.0925. The number of hydrogen-bond donors (Lipinski definition) is 1. The van der Waals surface area contributed by atoms with Gasteiger partial charge in [0.25, 0.3) is 5.91 Å². The van der Waals surface area contributed by atoms with Crippen LogP contribution in [0, 0.1) is 0 Å². The van der Waals surface area contributed by atoms with Crippen LogP contribution in [0.15, 0.2) is 59.3 Å². The third kappa shape index (κ3) is 5.54. The number of benzene rings is 2. The van der Waals surface area contributed by atoms with Crippen molar-refractivity contribution < 1.29 is 14.1 Å². The first-order valence-corrected chi connectivity index (χ1v) is 12.1. The number of nitrogens with zero attached hydrogens (tertiary/aromatic N) is 4. The molecule has 9 heteroatoms. The van der Waals surface area contributed by atoms with Crippen molar-refractivity contribution in [1.82, 2.24) is 25.2 Å². The Hall–Kier alpha value is -3.78. The van der Waals surface area contributed by atoms with Gasteiger partial charge in [-0.05, 0) is 44.9 Å². The third-order valence-corrected chi connectivity index (χ3v) is 5.87. The van der Waals surface area contributed by atoms with Gasteiger partial charge in [0.1, 0.15) is 5.69 Å². The summed E-state index contributed by atoms with van der Waals surface area (Å²) in [6, 6.07) is 14.5. The minimum Gasteiger partial charge on any atom is -0.350 e. The van der Waals surface area contributed by atoms with Gasteiger partial charge in [-0.1, -0.05) is 60.1 Å².